The molecule has 3 heterocycles. The summed E-state index contributed by atoms with van der Waals surface area (Å²) in [5.41, 5.74) is 10.3. The second kappa shape index (κ2) is 8.17. The molecule has 10 nitrogen and oxygen atoms in total. The highest BCUT2D eigenvalue weighted by atomic mass is 32.2. The molecule has 0 unspecified atom stereocenters. The van der Waals surface area contributed by atoms with Gasteiger partial charge < -0.3 is 5.73 Å². The van der Waals surface area contributed by atoms with Crippen LogP contribution in [0.15, 0.2) is 47.3 Å². The zero-order valence-electron chi connectivity index (χ0n) is 17.8. The number of aromatic nitrogens is 5. The van der Waals surface area contributed by atoms with Crippen LogP contribution in [0.5, 0.6) is 0 Å². The molecular weight excluding hydrogens is 432 g/mol. The Bertz CT molecular complexity index is 1460. The van der Waals surface area contributed by atoms with E-state index in [0.717, 1.165) is 33.5 Å². The van der Waals surface area contributed by atoms with Crippen molar-refractivity contribution in [3.8, 4) is 22.4 Å². The lowest BCUT2D eigenvalue weighted by atomic mass is 9.99. The highest BCUT2D eigenvalue weighted by Crippen LogP contribution is 2.34. The molecule has 2 N–H and O–H groups in total. The molecule has 3 aromatic heterocycles. The highest BCUT2D eigenvalue weighted by Gasteiger charge is 2.22. The SMILES string of the molecule is Cc1cc(-c2c(-c3ccccc3)nc(N)n3c(=O)n(CCOS(C)(=O)=O)nc23)cc(C)n1. The van der Waals surface area contributed by atoms with E-state index in [1.165, 1.54) is 4.40 Å². The Morgan fingerprint density at radius 2 is 1.69 bits per heavy atom. The molecule has 1 aromatic carbocycles. The summed E-state index contributed by atoms with van der Waals surface area (Å²) < 4.78 is 29.6. The van der Waals surface area contributed by atoms with Gasteiger partial charge in [-0.1, -0.05) is 30.3 Å². The number of fused-ring (bicyclic) bond motifs is 1. The van der Waals surface area contributed by atoms with Gasteiger partial charge in [-0.15, -0.1) is 5.10 Å². The summed E-state index contributed by atoms with van der Waals surface area (Å²) in [7, 11) is -3.64. The average Bonchev–Trinajstić information content (AvgIpc) is 3.03. The van der Waals surface area contributed by atoms with Crippen LogP contribution in [0, 0.1) is 13.8 Å². The number of anilines is 1. The molecule has 0 aliphatic carbocycles. The molecule has 0 amide bonds. The third kappa shape index (κ3) is 4.25. The summed E-state index contributed by atoms with van der Waals surface area (Å²) in [6, 6.07) is 13.3. The van der Waals surface area contributed by atoms with Gasteiger partial charge >= 0.3 is 5.69 Å². The molecule has 0 saturated heterocycles. The number of rotatable bonds is 6. The molecule has 0 spiro atoms. The molecule has 0 aliphatic rings. The maximum atomic E-state index is 13.0. The summed E-state index contributed by atoms with van der Waals surface area (Å²) in [6.45, 7) is 3.47. The molecule has 0 fully saturated rings. The first kappa shape index (κ1) is 21.7. The van der Waals surface area contributed by atoms with Gasteiger partial charge in [-0.05, 0) is 31.5 Å². The van der Waals surface area contributed by atoms with Crippen LogP contribution < -0.4 is 11.4 Å². The molecule has 4 rings (SSSR count). The van der Waals surface area contributed by atoms with Gasteiger partial charge in [0.1, 0.15) is 0 Å². The van der Waals surface area contributed by atoms with Crippen molar-refractivity contribution in [2.45, 2.75) is 20.4 Å². The maximum Gasteiger partial charge on any atom is 0.353 e. The lowest BCUT2D eigenvalue weighted by molar-refractivity contribution is 0.295. The van der Waals surface area contributed by atoms with Crippen molar-refractivity contribution in [1.82, 2.24) is 24.1 Å². The van der Waals surface area contributed by atoms with Crippen LogP contribution in [0.1, 0.15) is 11.4 Å². The number of benzene rings is 1. The van der Waals surface area contributed by atoms with Crippen LogP contribution in [0.2, 0.25) is 0 Å². The lowest BCUT2D eigenvalue weighted by Gasteiger charge is -2.13. The molecular formula is C21H22N6O4S. The smallest absolute Gasteiger partial charge is 0.353 e. The highest BCUT2D eigenvalue weighted by molar-refractivity contribution is 7.85. The van der Waals surface area contributed by atoms with Crippen molar-refractivity contribution in [1.29, 1.82) is 0 Å². The molecule has 166 valence electrons. The van der Waals surface area contributed by atoms with Gasteiger partial charge in [-0.25, -0.2) is 18.9 Å². The molecule has 0 aliphatic heterocycles. The van der Waals surface area contributed by atoms with Gasteiger partial charge in [-0.2, -0.15) is 8.42 Å². The van der Waals surface area contributed by atoms with Crippen molar-refractivity contribution in [2.75, 3.05) is 18.6 Å². The second-order valence-corrected chi connectivity index (χ2v) is 9.03. The zero-order chi connectivity index (χ0) is 23.0. The van der Waals surface area contributed by atoms with Gasteiger partial charge in [0.2, 0.25) is 5.95 Å². The number of pyridine rings is 1. The second-order valence-electron chi connectivity index (χ2n) is 7.39. The number of nitrogens with two attached hydrogens (primary N) is 1. The molecule has 0 saturated carbocycles. The summed E-state index contributed by atoms with van der Waals surface area (Å²) in [5, 5.41) is 4.47. The van der Waals surface area contributed by atoms with Crippen LogP contribution in [0.3, 0.4) is 0 Å². The van der Waals surface area contributed by atoms with Crippen molar-refractivity contribution < 1.29 is 12.6 Å². The first-order chi connectivity index (χ1) is 15.1. The van der Waals surface area contributed by atoms with Crippen molar-refractivity contribution >= 4 is 21.7 Å². The van der Waals surface area contributed by atoms with Gasteiger partial charge in [-0.3, -0.25) is 9.17 Å². The van der Waals surface area contributed by atoms with E-state index in [2.05, 4.69) is 15.1 Å². The minimum absolute atomic E-state index is 0.0228. The van der Waals surface area contributed by atoms with Gasteiger partial charge in [0, 0.05) is 17.0 Å². The number of hydrogen-bond acceptors (Lipinski definition) is 8. The number of nitrogens with zero attached hydrogens (tertiary/aromatic N) is 5. The minimum atomic E-state index is -3.64. The van der Waals surface area contributed by atoms with Gasteiger partial charge in [0.15, 0.2) is 5.65 Å². The summed E-state index contributed by atoms with van der Waals surface area (Å²) in [4.78, 5) is 22.0. The van der Waals surface area contributed by atoms with E-state index in [-0.39, 0.29) is 19.1 Å². The van der Waals surface area contributed by atoms with Crippen LogP contribution in [0.25, 0.3) is 28.0 Å². The molecule has 0 bridgehead atoms. The monoisotopic (exact) mass is 454 g/mol. The maximum absolute atomic E-state index is 13.0. The van der Waals surface area contributed by atoms with Gasteiger partial charge in [0.05, 0.1) is 30.7 Å². The van der Waals surface area contributed by atoms with Crippen LogP contribution in [0.4, 0.5) is 5.95 Å². The standard InChI is InChI=1S/C21H22N6O4S/c1-13-11-16(12-14(2)23-13)17-18(15-7-5-4-6-8-15)24-20(22)27-19(17)25-26(21(27)28)9-10-31-32(3,29)30/h4-8,11-12H,9-10H2,1-3H3,(H2,22,24). The number of nitrogen functional groups attached to an aromatic ring is 1. The summed E-state index contributed by atoms with van der Waals surface area (Å²) >= 11 is 0. The zero-order valence-corrected chi connectivity index (χ0v) is 18.6. The Labute approximate surface area is 184 Å². The van der Waals surface area contributed by atoms with Crippen LogP contribution in [-0.4, -0.2) is 45.4 Å². The lowest BCUT2D eigenvalue weighted by Crippen LogP contribution is -2.25. The first-order valence-electron chi connectivity index (χ1n) is 9.78. The molecule has 4 aromatic rings. The van der Waals surface area contributed by atoms with Gasteiger partial charge in [0.25, 0.3) is 10.1 Å². The normalized spacial score (nSPS) is 11.8. The summed E-state index contributed by atoms with van der Waals surface area (Å²) in [5.74, 6) is -0.0228. The Morgan fingerprint density at radius 1 is 1.03 bits per heavy atom. The van der Waals surface area contributed by atoms with E-state index in [9.17, 15) is 13.2 Å². The minimum Gasteiger partial charge on any atom is -0.369 e. The third-order valence-electron chi connectivity index (χ3n) is 4.77. The Kier molecular flexibility index (Phi) is 5.53. The van der Waals surface area contributed by atoms with Crippen molar-refractivity contribution in [2.24, 2.45) is 0 Å². The fraction of sp³-hybridized carbons (Fsp3) is 0.238. The topological polar surface area (TPSA) is 134 Å². The van der Waals surface area contributed by atoms with Crippen molar-refractivity contribution in [3.63, 3.8) is 0 Å². The Hall–Kier alpha value is -3.57. The number of aryl methyl sites for hydroxylation is 2. The number of hydrogen-bond donors (Lipinski definition) is 1. The predicted octanol–water partition coefficient (Wildman–Crippen LogP) is 1.80. The van der Waals surface area contributed by atoms with E-state index >= 15 is 0 Å². The average molecular weight is 455 g/mol. The fourth-order valence-corrected chi connectivity index (χ4v) is 3.95. The largest absolute Gasteiger partial charge is 0.369 e. The van der Waals surface area contributed by atoms with Crippen LogP contribution in [-0.2, 0) is 20.8 Å². The molecule has 0 radical (unpaired) electrons. The van der Waals surface area contributed by atoms with E-state index in [1.807, 2.05) is 56.3 Å². The Balaban J connectivity index is 1.99. The van der Waals surface area contributed by atoms with E-state index < -0.39 is 15.8 Å². The fourth-order valence-electron chi connectivity index (χ4n) is 3.57. The Morgan fingerprint density at radius 3 is 2.31 bits per heavy atom. The molecule has 11 heteroatoms. The van der Waals surface area contributed by atoms with Crippen molar-refractivity contribution in [3.05, 3.63) is 64.3 Å². The quantitative estimate of drug-likeness (QED) is 0.436. The van der Waals surface area contributed by atoms with E-state index in [0.29, 0.717) is 16.9 Å². The molecule has 32 heavy (non-hydrogen) atoms. The molecule has 0 atom stereocenters. The predicted molar refractivity (Wildman–Crippen MR) is 121 cm³/mol. The first-order valence-corrected chi connectivity index (χ1v) is 11.6. The van der Waals surface area contributed by atoms with E-state index in [4.69, 9.17) is 9.92 Å². The van der Waals surface area contributed by atoms with Crippen LogP contribution >= 0.6 is 0 Å². The van der Waals surface area contributed by atoms with E-state index in [1.54, 1.807) is 0 Å². The third-order valence-corrected chi connectivity index (χ3v) is 5.37. The summed E-state index contributed by atoms with van der Waals surface area (Å²) in [6.07, 6.45) is 0.944.